The summed E-state index contributed by atoms with van der Waals surface area (Å²) in [6, 6.07) is 11.3. The van der Waals surface area contributed by atoms with Crippen molar-refractivity contribution in [1.82, 2.24) is 14.5 Å². The Morgan fingerprint density at radius 1 is 1.12 bits per heavy atom. The molecule has 7 nitrogen and oxygen atoms in total. The number of thiocarbonyl (C=S) groups is 1. The molecule has 0 saturated carbocycles. The van der Waals surface area contributed by atoms with Gasteiger partial charge in [-0.3, -0.25) is 19.1 Å². The van der Waals surface area contributed by atoms with Gasteiger partial charge in [-0.15, -0.1) is 11.3 Å². The van der Waals surface area contributed by atoms with Gasteiger partial charge in [0.05, 0.1) is 4.53 Å². The second-order valence-corrected chi connectivity index (χ2v) is 9.59. The minimum absolute atomic E-state index is 0.161. The summed E-state index contributed by atoms with van der Waals surface area (Å²) in [7, 11) is 0. The Bertz CT molecular complexity index is 1510. The van der Waals surface area contributed by atoms with Crippen molar-refractivity contribution in [3.8, 4) is 11.5 Å². The third kappa shape index (κ3) is 3.44. The van der Waals surface area contributed by atoms with Crippen LogP contribution in [0.4, 0.5) is 0 Å². The van der Waals surface area contributed by atoms with Gasteiger partial charge in [-0.25, -0.2) is 0 Å². The highest BCUT2D eigenvalue weighted by Crippen LogP contribution is 2.31. The van der Waals surface area contributed by atoms with Crippen LogP contribution in [0.3, 0.4) is 0 Å². The summed E-state index contributed by atoms with van der Waals surface area (Å²) >= 11 is 7.80. The number of thiazole rings is 1. The van der Waals surface area contributed by atoms with Crippen LogP contribution >= 0.6 is 35.3 Å². The molecule has 1 aromatic carbocycles. The molecule has 0 aliphatic carbocycles. The van der Waals surface area contributed by atoms with Crippen LogP contribution in [0.25, 0.3) is 33.7 Å². The molecule has 5 rings (SSSR count). The number of benzene rings is 1. The maximum Gasteiger partial charge on any atom is 0.269 e. The van der Waals surface area contributed by atoms with Crippen molar-refractivity contribution in [2.75, 3.05) is 6.54 Å². The Kier molecular flexibility index (Phi) is 5.36. The number of furan rings is 1. The lowest BCUT2D eigenvalue weighted by atomic mass is 10.2. The molecule has 1 amide bonds. The van der Waals surface area contributed by atoms with E-state index in [9.17, 15) is 9.59 Å². The summed E-state index contributed by atoms with van der Waals surface area (Å²) in [5.41, 5.74) is 1.54. The number of hydrogen-bond acceptors (Lipinski definition) is 8. The predicted octanol–water partition coefficient (Wildman–Crippen LogP) is 3.15. The minimum Gasteiger partial charge on any atom is -0.436 e. The average Bonchev–Trinajstić information content (AvgIpc) is 3.50. The average molecular weight is 484 g/mol. The number of fused-ring (bicyclic) bond motifs is 1. The van der Waals surface area contributed by atoms with E-state index < -0.39 is 0 Å². The zero-order valence-corrected chi connectivity index (χ0v) is 19.6. The monoisotopic (exact) mass is 483 g/mol. The third-order valence-corrected chi connectivity index (χ3v) is 7.68. The Labute approximate surface area is 195 Å². The second kappa shape index (κ2) is 8.19. The molecule has 1 fully saturated rings. The normalized spacial score (nSPS) is 16.7. The quantitative estimate of drug-likeness (QED) is 0.413. The summed E-state index contributed by atoms with van der Waals surface area (Å²) in [5, 5.41) is 0. The lowest BCUT2D eigenvalue weighted by Crippen LogP contribution is -2.33. The number of hydrogen-bond donors (Lipinski definition) is 0. The zero-order chi connectivity index (χ0) is 22.4. The predicted molar refractivity (Wildman–Crippen MR) is 130 cm³/mol. The number of carbonyl (C=O) groups is 1. The molecule has 0 N–H and O–H groups in total. The van der Waals surface area contributed by atoms with Gasteiger partial charge in [0.2, 0.25) is 5.89 Å². The molecule has 0 spiro atoms. The lowest BCUT2D eigenvalue weighted by molar-refractivity contribution is -0.120. The molecule has 1 saturated heterocycles. The van der Waals surface area contributed by atoms with Gasteiger partial charge in [-0.2, -0.15) is 4.98 Å². The van der Waals surface area contributed by atoms with Crippen LogP contribution in [0, 0.1) is 0 Å². The topological polar surface area (TPSA) is 81.5 Å². The molecule has 10 heteroatoms. The van der Waals surface area contributed by atoms with Crippen LogP contribution in [-0.2, 0) is 11.3 Å². The van der Waals surface area contributed by atoms with E-state index in [0.717, 1.165) is 5.56 Å². The second-order valence-electron chi connectivity index (χ2n) is 6.91. The smallest absolute Gasteiger partial charge is 0.269 e. The van der Waals surface area contributed by atoms with Crippen LogP contribution in [-0.4, -0.2) is 31.2 Å². The van der Waals surface area contributed by atoms with Crippen LogP contribution in [0.5, 0.6) is 0 Å². The zero-order valence-electron chi connectivity index (χ0n) is 17.2. The van der Waals surface area contributed by atoms with Crippen molar-refractivity contribution in [3.05, 3.63) is 61.7 Å². The molecule has 3 aromatic heterocycles. The first-order valence-corrected chi connectivity index (χ1v) is 12.0. The van der Waals surface area contributed by atoms with Gasteiger partial charge in [0.15, 0.2) is 5.58 Å². The Hall–Kier alpha value is -2.95. The van der Waals surface area contributed by atoms with Gasteiger partial charge in [0.25, 0.3) is 17.2 Å². The van der Waals surface area contributed by atoms with Crippen molar-refractivity contribution >= 4 is 67.8 Å². The Morgan fingerprint density at radius 2 is 1.91 bits per heavy atom. The molecule has 4 aromatic rings. The van der Waals surface area contributed by atoms with Crippen molar-refractivity contribution in [1.29, 1.82) is 0 Å². The van der Waals surface area contributed by atoms with E-state index in [0.29, 0.717) is 54.5 Å². The third-order valence-electron chi connectivity index (χ3n) is 4.99. The number of nitrogens with zero attached hydrogens (tertiary/aromatic N) is 3. The van der Waals surface area contributed by atoms with Crippen LogP contribution in [0.15, 0.2) is 50.0 Å². The molecule has 1 aliphatic rings. The number of oxazole rings is 1. The van der Waals surface area contributed by atoms with Gasteiger partial charge in [-0.1, -0.05) is 42.2 Å². The highest BCUT2D eigenvalue weighted by Gasteiger charge is 2.32. The first-order chi connectivity index (χ1) is 15.5. The first-order valence-electron chi connectivity index (χ1n) is 9.95. The SMILES string of the molecule is CCN1C(=O)/C(=c2\s/c(=C/c3cc4oc(-c5ccccc5)nc4o3)c(=O)n2CC)SC1=S. The maximum absolute atomic E-state index is 13.0. The molecule has 1 aliphatic heterocycles. The first kappa shape index (κ1) is 20.9. The summed E-state index contributed by atoms with van der Waals surface area (Å²) < 4.78 is 14.8. The summed E-state index contributed by atoms with van der Waals surface area (Å²) in [6.07, 6.45) is 1.66. The van der Waals surface area contributed by atoms with Gasteiger partial charge < -0.3 is 8.83 Å². The molecule has 0 unspecified atom stereocenters. The van der Waals surface area contributed by atoms with Gasteiger partial charge in [0, 0.05) is 30.8 Å². The maximum atomic E-state index is 13.0. The molecular formula is C22H17N3O4S3. The standard InChI is InChI=1S/C22H17N3O4S3/c1-3-24-19(26)15(31-21(24)16-20(27)25(4-2)22(30)32-16)11-13-10-14-18(28-13)23-17(29-14)12-8-6-5-7-9-12/h5-11H,3-4H2,1-2H3/b15-11+,21-16+. The molecule has 0 atom stereocenters. The van der Waals surface area contributed by atoms with E-state index in [-0.39, 0.29) is 11.5 Å². The van der Waals surface area contributed by atoms with Crippen molar-refractivity contribution in [2.45, 2.75) is 20.4 Å². The van der Waals surface area contributed by atoms with E-state index in [1.807, 2.05) is 44.2 Å². The van der Waals surface area contributed by atoms with Gasteiger partial charge in [0.1, 0.15) is 19.6 Å². The lowest BCUT2D eigenvalue weighted by Gasteiger charge is -2.09. The molecule has 4 heterocycles. The fraction of sp³-hybridized carbons (Fsp3) is 0.182. The number of rotatable bonds is 4. The number of thioether (sulfide) groups is 1. The molecule has 32 heavy (non-hydrogen) atoms. The number of amides is 1. The van der Waals surface area contributed by atoms with E-state index in [1.165, 1.54) is 23.1 Å². The van der Waals surface area contributed by atoms with E-state index >= 15 is 0 Å². The Balaban J connectivity index is 1.59. The van der Waals surface area contributed by atoms with Crippen LogP contribution < -0.4 is 14.8 Å². The van der Waals surface area contributed by atoms with E-state index in [2.05, 4.69) is 4.98 Å². The number of aromatic nitrogens is 2. The molecule has 162 valence electrons. The summed E-state index contributed by atoms with van der Waals surface area (Å²) in [5.74, 6) is 0.771. The minimum atomic E-state index is -0.180. The van der Waals surface area contributed by atoms with Crippen LogP contribution in [0.1, 0.15) is 19.6 Å². The van der Waals surface area contributed by atoms with E-state index in [4.69, 9.17) is 21.1 Å². The van der Waals surface area contributed by atoms with Crippen molar-refractivity contribution in [2.24, 2.45) is 0 Å². The fourth-order valence-electron chi connectivity index (χ4n) is 3.43. The molecule has 0 bridgehead atoms. The largest absolute Gasteiger partial charge is 0.436 e. The van der Waals surface area contributed by atoms with Crippen molar-refractivity contribution < 1.29 is 13.6 Å². The van der Waals surface area contributed by atoms with Gasteiger partial charge in [-0.05, 0) is 26.0 Å². The fourth-order valence-corrected chi connectivity index (χ4v) is 6.12. The highest BCUT2D eigenvalue weighted by atomic mass is 32.2. The molecule has 0 radical (unpaired) electrons. The molecular weight excluding hydrogens is 466 g/mol. The number of carbonyl (C=O) groups excluding carboxylic acids is 1. The highest BCUT2D eigenvalue weighted by molar-refractivity contribution is 8.30. The summed E-state index contributed by atoms with van der Waals surface area (Å²) in [6.45, 7) is 4.69. The van der Waals surface area contributed by atoms with E-state index in [1.54, 1.807) is 21.6 Å². The van der Waals surface area contributed by atoms with Crippen LogP contribution in [0.2, 0.25) is 0 Å². The summed E-state index contributed by atoms with van der Waals surface area (Å²) in [4.78, 5) is 32.2. The Morgan fingerprint density at radius 3 is 2.56 bits per heavy atom. The van der Waals surface area contributed by atoms with Crippen molar-refractivity contribution in [3.63, 3.8) is 0 Å². The van der Waals surface area contributed by atoms with Gasteiger partial charge >= 0.3 is 0 Å².